The summed E-state index contributed by atoms with van der Waals surface area (Å²) in [5, 5.41) is 6.95. The number of rotatable bonds is 6. The number of amides is 1. The van der Waals surface area contributed by atoms with Gasteiger partial charge in [0, 0.05) is 45.6 Å². The van der Waals surface area contributed by atoms with Crippen LogP contribution in [0.25, 0.3) is 0 Å². The van der Waals surface area contributed by atoms with E-state index in [1.54, 1.807) is 20.3 Å². The topological polar surface area (TPSA) is 76.7 Å². The van der Waals surface area contributed by atoms with Crippen LogP contribution in [0.1, 0.15) is 48.3 Å². The van der Waals surface area contributed by atoms with Crippen molar-refractivity contribution < 1.29 is 19.1 Å². The maximum atomic E-state index is 13.9. The number of hydrogen-bond acceptors (Lipinski definition) is 5. The fourth-order valence-electron chi connectivity index (χ4n) is 5.54. The number of ketones is 1. The van der Waals surface area contributed by atoms with Crippen LogP contribution < -0.4 is 20.1 Å². The molecule has 5 rings (SSSR count). The standard InChI is InChI=1S/C32H31ClN2O4/c1-18-9-12-22(13-10-18)35-32(37)29-19(2)34-25-15-21(20-11-14-27(38-3)28(17-20)39-4)16-26(36)31(25)30(29)23-7-5-6-8-24(23)33/h5-14,17,21,30,34H,15-16H2,1-4H3,(H,35,37)/t21-,30-/m1/s1. The summed E-state index contributed by atoms with van der Waals surface area (Å²) in [4.78, 5) is 27.6. The number of hydrogen-bond donors (Lipinski definition) is 2. The van der Waals surface area contributed by atoms with E-state index in [2.05, 4.69) is 10.6 Å². The van der Waals surface area contributed by atoms with Crippen LogP contribution in [0.2, 0.25) is 5.02 Å². The predicted molar refractivity (Wildman–Crippen MR) is 153 cm³/mol. The van der Waals surface area contributed by atoms with E-state index in [0.29, 0.717) is 51.9 Å². The van der Waals surface area contributed by atoms with E-state index in [9.17, 15) is 9.59 Å². The summed E-state index contributed by atoms with van der Waals surface area (Å²) >= 11 is 6.68. The highest BCUT2D eigenvalue weighted by Gasteiger charge is 2.41. The predicted octanol–water partition coefficient (Wildman–Crippen LogP) is 6.67. The molecule has 2 N–H and O–H groups in total. The van der Waals surface area contributed by atoms with Crippen molar-refractivity contribution in [3.05, 3.63) is 111 Å². The van der Waals surface area contributed by atoms with Gasteiger partial charge in [-0.15, -0.1) is 0 Å². The Hall–Kier alpha value is -4.03. The van der Waals surface area contributed by atoms with E-state index in [-0.39, 0.29) is 17.6 Å². The van der Waals surface area contributed by atoms with Gasteiger partial charge in [-0.3, -0.25) is 9.59 Å². The Labute approximate surface area is 233 Å². The number of carbonyl (C=O) groups is 2. The van der Waals surface area contributed by atoms with Crippen LogP contribution in [0.5, 0.6) is 11.5 Å². The molecule has 0 bridgehead atoms. The van der Waals surface area contributed by atoms with Gasteiger partial charge in [0.2, 0.25) is 0 Å². The molecule has 0 fully saturated rings. The Morgan fingerprint density at radius 2 is 1.67 bits per heavy atom. The lowest BCUT2D eigenvalue weighted by molar-refractivity contribution is -0.116. The Morgan fingerprint density at radius 3 is 2.36 bits per heavy atom. The van der Waals surface area contributed by atoms with Crippen LogP contribution >= 0.6 is 11.6 Å². The molecule has 0 saturated carbocycles. The number of carbonyl (C=O) groups excluding carboxylic acids is 2. The van der Waals surface area contributed by atoms with Gasteiger partial charge in [-0.1, -0.05) is 53.6 Å². The Bertz CT molecular complexity index is 1510. The van der Waals surface area contributed by atoms with Crippen molar-refractivity contribution in [2.45, 2.75) is 38.5 Å². The molecule has 7 heteroatoms. The second-order valence-corrected chi connectivity index (χ2v) is 10.4. The maximum Gasteiger partial charge on any atom is 0.254 e. The Balaban J connectivity index is 1.55. The lowest BCUT2D eigenvalue weighted by atomic mass is 9.71. The molecule has 0 saturated heterocycles. The van der Waals surface area contributed by atoms with Gasteiger partial charge < -0.3 is 20.1 Å². The molecule has 3 aromatic rings. The molecule has 1 amide bonds. The largest absolute Gasteiger partial charge is 0.493 e. The number of anilines is 1. The number of ether oxygens (including phenoxy) is 2. The molecule has 0 spiro atoms. The van der Waals surface area contributed by atoms with E-state index in [1.807, 2.05) is 74.5 Å². The molecule has 2 aliphatic rings. The zero-order valence-corrected chi connectivity index (χ0v) is 23.2. The average Bonchev–Trinajstić information content (AvgIpc) is 2.93. The lowest BCUT2D eigenvalue weighted by Crippen LogP contribution is -2.37. The smallest absolute Gasteiger partial charge is 0.254 e. The molecule has 0 unspecified atom stereocenters. The van der Waals surface area contributed by atoms with Crippen LogP contribution in [-0.2, 0) is 9.59 Å². The highest BCUT2D eigenvalue weighted by molar-refractivity contribution is 6.31. The summed E-state index contributed by atoms with van der Waals surface area (Å²) in [5.41, 5.74) is 6.12. The first-order chi connectivity index (χ1) is 18.8. The number of benzene rings is 3. The first-order valence-corrected chi connectivity index (χ1v) is 13.3. The quantitative estimate of drug-likeness (QED) is 0.364. The number of aryl methyl sites for hydroxylation is 1. The highest BCUT2D eigenvalue weighted by Crippen LogP contribution is 2.47. The van der Waals surface area contributed by atoms with Crippen LogP contribution in [0.15, 0.2) is 89.3 Å². The number of allylic oxidation sites excluding steroid dienone is 3. The van der Waals surface area contributed by atoms with Crippen molar-refractivity contribution in [2.75, 3.05) is 19.5 Å². The van der Waals surface area contributed by atoms with Gasteiger partial charge in [-0.2, -0.15) is 0 Å². The van der Waals surface area contributed by atoms with Gasteiger partial charge in [-0.05, 0) is 67.6 Å². The first-order valence-electron chi connectivity index (χ1n) is 12.9. The molecule has 1 aliphatic heterocycles. The normalized spacial score (nSPS) is 18.8. The van der Waals surface area contributed by atoms with Crippen molar-refractivity contribution in [2.24, 2.45) is 0 Å². The lowest BCUT2D eigenvalue weighted by Gasteiger charge is -2.37. The Morgan fingerprint density at radius 1 is 0.949 bits per heavy atom. The summed E-state index contributed by atoms with van der Waals surface area (Å²) in [7, 11) is 3.20. The third-order valence-electron chi connectivity index (χ3n) is 7.48. The van der Waals surface area contributed by atoms with Crippen LogP contribution in [-0.4, -0.2) is 25.9 Å². The fourth-order valence-corrected chi connectivity index (χ4v) is 5.78. The molecule has 3 aromatic carbocycles. The van der Waals surface area contributed by atoms with Gasteiger partial charge in [0.1, 0.15) is 0 Å². The zero-order valence-electron chi connectivity index (χ0n) is 22.4. The van der Waals surface area contributed by atoms with Gasteiger partial charge >= 0.3 is 0 Å². The fraction of sp³-hybridized carbons (Fsp3) is 0.250. The second kappa shape index (κ2) is 11.0. The highest BCUT2D eigenvalue weighted by atomic mass is 35.5. The third-order valence-corrected chi connectivity index (χ3v) is 7.82. The molecular formula is C32H31ClN2O4. The van der Waals surface area contributed by atoms with Gasteiger partial charge in [0.05, 0.1) is 14.2 Å². The number of Topliss-reactive ketones (excluding diaryl/α,β-unsaturated/α-hetero) is 1. The SMILES string of the molecule is COc1ccc([C@H]2CC(=O)C3=C(C2)NC(C)=C(C(=O)Nc2ccc(C)cc2)[C@H]3c2ccccc2Cl)cc1OC. The number of nitrogens with one attached hydrogen (secondary N) is 2. The minimum absolute atomic E-state index is 0.0124. The summed E-state index contributed by atoms with van der Waals surface area (Å²) in [5.74, 6) is 0.349. The Kier molecular flexibility index (Phi) is 7.49. The molecule has 200 valence electrons. The molecule has 6 nitrogen and oxygen atoms in total. The summed E-state index contributed by atoms with van der Waals surface area (Å²) in [6.07, 6.45) is 0.921. The average molecular weight is 543 g/mol. The molecule has 0 radical (unpaired) electrons. The molecule has 0 aromatic heterocycles. The van der Waals surface area contributed by atoms with Crippen molar-refractivity contribution >= 4 is 29.0 Å². The van der Waals surface area contributed by atoms with Gasteiger partial charge in [-0.25, -0.2) is 0 Å². The zero-order chi connectivity index (χ0) is 27.7. The number of halogens is 1. The van der Waals surface area contributed by atoms with Gasteiger partial charge in [0.25, 0.3) is 5.91 Å². The van der Waals surface area contributed by atoms with Crippen LogP contribution in [0.4, 0.5) is 5.69 Å². The number of dihydropyridines is 1. The van der Waals surface area contributed by atoms with Gasteiger partial charge in [0.15, 0.2) is 17.3 Å². The minimum atomic E-state index is -0.584. The second-order valence-electron chi connectivity index (χ2n) is 9.97. The van der Waals surface area contributed by atoms with E-state index in [1.165, 1.54) is 0 Å². The molecule has 2 atom stereocenters. The van der Waals surface area contributed by atoms with Crippen molar-refractivity contribution in [1.82, 2.24) is 5.32 Å². The van der Waals surface area contributed by atoms with E-state index >= 15 is 0 Å². The van der Waals surface area contributed by atoms with Crippen LogP contribution in [0, 0.1) is 6.92 Å². The summed E-state index contributed by atoms with van der Waals surface area (Å²) < 4.78 is 10.9. The molecule has 1 heterocycles. The number of methoxy groups -OCH3 is 2. The molecular weight excluding hydrogens is 512 g/mol. The maximum absolute atomic E-state index is 13.9. The first kappa shape index (κ1) is 26.6. The van der Waals surface area contributed by atoms with Crippen molar-refractivity contribution in [3.8, 4) is 11.5 Å². The van der Waals surface area contributed by atoms with Crippen molar-refractivity contribution in [3.63, 3.8) is 0 Å². The summed E-state index contributed by atoms with van der Waals surface area (Å²) in [6.45, 7) is 3.87. The minimum Gasteiger partial charge on any atom is -0.493 e. The van der Waals surface area contributed by atoms with E-state index in [0.717, 1.165) is 22.4 Å². The van der Waals surface area contributed by atoms with Crippen LogP contribution in [0.3, 0.4) is 0 Å². The van der Waals surface area contributed by atoms with E-state index < -0.39 is 5.92 Å². The third kappa shape index (κ3) is 5.17. The summed E-state index contributed by atoms with van der Waals surface area (Å²) in [6, 6.07) is 20.8. The monoisotopic (exact) mass is 542 g/mol. The van der Waals surface area contributed by atoms with E-state index in [4.69, 9.17) is 21.1 Å². The molecule has 1 aliphatic carbocycles. The van der Waals surface area contributed by atoms with Crippen molar-refractivity contribution in [1.29, 1.82) is 0 Å². The molecule has 39 heavy (non-hydrogen) atoms.